The number of hydrogen-bond acceptors (Lipinski definition) is 6. The zero-order chi connectivity index (χ0) is 27.0. The smallest absolute Gasteiger partial charge is 0.259 e. The molecule has 2 atom stereocenters. The zero-order valence-electron chi connectivity index (χ0n) is 21.4. The standard InChI is InChI=1S/C27H29Cl2N7OS/c1-4-38(23-7-5-6-22(28)24(23)29)33-18-10-8-17(9-11-18)20-14-31-26-21(15-32-36(26)25(20)30)27(37)35-13-12-19(16-35)34(2)3/h4-11,14-15,19,33H,12-13,16,30H2,1-3H3. The van der Waals surface area contributed by atoms with Crippen molar-refractivity contribution in [3.8, 4) is 11.1 Å². The highest BCUT2D eigenvalue weighted by Gasteiger charge is 2.30. The molecule has 1 aliphatic heterocycles. The van der Waals surface area contributed by atoms with Gasteiger partial charge in [-0.05, 0) is 62.6 Å². The molecule has 1 saturated heterocycles. The summed E-state index contributed by atoms with van der Waals surface area (Å²) in [5.41, 5.74) is 9.98. The van der Waals surface area contributed by atoms with E-state index in [0.717, 1.165) is 28.1 Å². The molecule has 1 fully saturated rings. The van der Waals surface area contributed by atoms with Gasteiger partial charge in [-0.2, -0.15) is 9.61 Å². The van der Waals surface area contributed by atoms with Crippen LogP contribution in [0.1, 0.15) is 23.7 Å². The number of likely N-dealkylation sites (tertiary alicyclic amines) is 1. The quantitative estimate of drug-likeness (QED) is 0.296. The van der Waals surface area contributed by atoms with Crippen LogP contribution in [-0.4, -0.2) is 68.9 Å². The second-order valence-corrected chi connectivity index (χ2v) is 11.9. The fourth-order valence-electron chi connectivity index (χ4n) is 4.58. The first kappa shape index (κ1) is 26.5. The highest BCUT2D eigenvalue weighted by atomic mass is 35.5. The summed E-state index contributed by atoms with van der Waals surface area (Å²) in [4.78, 5) is 22.7. The molecule has 2 aromatic carbocycles. The van der Waals surface area contributed by atoms with Crippen molar-refractivity contribution in [1.29, 1.82) is 0 Å². The number of nitrogens with zero attached hydrogens (tertiary/aromatic N) is 5. The van der Waals surface area contributed by atoms with Gasteiger partial charge in [-0.25, -0.2) is 4.98 Å². The molecule has 8 nitrogen and oxygen atoms in total. The van der Waals surface area contributed by atoms with Crippen molar-refractivity contribution in [2.75, 3.05) is 37.6 Å². The van der Waals surface area contributed by atoms with E-state index in [-0.39, 0.29) is 5.91 Å². The van der Waals surface area contributed by atoms with Crippen LogP contribution in [-0.2, 0) is 0 Å². The molecule has 5 rings (SSSR count). The number of nitrogen functional groups attached to an aromatic ring is 1. The number of rotatable bonds is 6. The van der Waals surface area contributed by atoms with Gasteiger partial charge in [0.1, 0.15) is 11.4 Å². The molecule has 11 heteroatoms. The van der Waals surface area contributed by atoms with E-state index in [4.69, 9.17) is 28.9 Å². The Morgan fingerprint density at radius 1 is 1.18 bits per heavy atom. The third-order valence-corrected chi connectivity index (χ3v) is 9.46. The number of halogens is 2. The Balaban J connectivity index is 1.37. The normalized spacial score (nSPS) is 16.5. The zero-order valence-corrected chi connectivity index (χ0v) is 23.7. The lowest BCUT2D eigenvalue weighted by molar-refractivity contribution is 0.0784. The molecule has 0 saturated carbocycles. The van der Waals surface area contributed by atoms with E-state index in [9.17, 15) is 4.79 Å². The lowest BCUT2D eigenvalue weighted by Crippen LogP contribution is -2.34. The molecule has 1 amide bonds. The van der Waals surface area contributed by atoms with Gasteiger partial charge >= 0.3 is 0 Å². The van der Waals surface area contributed by atoms with Crippen LogP contribution < -0.4 is 10.5 Å². The number of hydrogen-bond donors (Lipinski definition) is 2. The minimum Gasteiger partial charge on any atom is -0.383 e. The second kappa shape index (κ2) is 10.9. The van der Waals surface area contributed by atoms with Crippen molar-refractivity contribution in [3.05, 3.63) is 70.5 Å². The first-order valence-corrected chi connectivity index (χ1v) is 14.2. The monoisotopic (exact) mass is 569 g/mol. The Morgan fingerprint density at radius 2 is 1.95 bits per heavy atom. The van der Waals surface area contributed by atoms with E-state index in [0.29, 0.717) is 46.2 Å². The van der Waals surface area contributed by atoms with Crippen LogP contribution in [0.3, 0.4) is 0 Å². The summed E-state index contributed by atoms with van der Waals surface area (Å²) < 4.78 is 5.05. The van der Waals surface area contributed by atoms with Crippen molar-refractivity contribution >= 4 is 62.3 Å². The average molecular weight is 571 g/mol. The summed E-state index contributed by atoms with van der Waals surface area (Å²) in [5.74, 6) is 0.358. The third kappa shape index (κ3) is 4.99. The lowest BCUT2D eigenvalue weighted by atomic mass is 10.1. The average Bonchev–Trinajstić information content (AvgIpc) is 3.58. The molecule has 4 aromatic rings. The summed E-state index contributed by atoms with van der Waals surface area (Å²) in [5, 5.41) is 7.53. The molecular weight excluding hydrogens is 541 g/mol. The number of carbonyl (C=O) groups is 1. The van der Waals surface area contributed by atoms with Crippen LogP contribution in [0.15, 0.2) is 59.8 Å². The fraction of sp³-hybridized carbons (Fsp3) is 0.259. The fourth-order valence-corrected chi connectivity index (χ4v) is 6.59. The Kier molecular flexibility index (Phi) is 7.63. The molecule has 3 heterocycles. The van der Waals surface area contributed by atoms with Gasteiger partial charge < -0.3 is 20.3 Å². The Hall–Kier alpha value is -3.11. The van der Waals surface area contributed by atoms with Crippen LogP contribution in [0.4, 0.5) is 11.5 Å². The molecule has 1 aliphatic rings. The molecular formula is C27H29Cl2N7OS. The molecule has 0 bridgehead atoms. The maximum absolute atomic E-state index is 13.2. The van der Waals surface area contributed by atoms with Crippen molar-refractivity contribution in [3.63, 3.8) is 0 Å². The first-order valence-electron chi connectivity index (χ1n) is 12.2. The van der Waals surface area contributed by atoms with Crippen molar-refractivity contribution < 1.29 is 4.79 Å². The summed E-state index contributed by atoms with van der Waals surface area (Å²) in [6.07, 6.45) is 4.21. The number of carbonyl (C=O) groups excluding carboxylic acids is 1. The van der Waals surface area contributed by atoms with Gasteiger partial charge in [-0.3, -0.25) is 4.79 Å². The summed E-state index contributed by atoms with van der Waals surface area (Å²) in [6.45, 7) is 3.39. The minimum absolute atomic E-state index is 0.0673. The van der Waals surface area contributed by atoms with Gasteiger partial charge in [-0.15, -0.1) is 0 Å². The van der Waals surface area contributed by atoms with E-state index in [2.05, 4.69) is 25.1 Å². The molecule has 198 valence electrons. The van der Waals surface area contributed by atoms with Gasteiger partial charge in [0.15, 0.2) is 5.65 Å². The summed E-state index contributed by atoms with van der Waals surface area (Å²) >= 11 is 12.7. The van der Waals surface area contributed by atoms with Crippen LogP contribution in [0.5, 0.6) is 0 Å². The second-order valence-electron chi connectivity index (χ2n) is 9.31. The number of nitrogens with two attached hydrogens (primary N) is 1. The predicted molar refractivity (Wildman–Crippen MR) is 159 cm³/mol. The van der Waals surface area contributed by atoms with Crippen LogP contribution in [0.2, 0.25) is 10.0 Å². The Labute approximate surface area is 234 Å². The Morgan fingerprint density at radius 3 is 2.63 bits per heavy atom. The molecule has 3 N–H and O–H groups in total. The third-order valence-electron chi connectivity index (χ3n) is 6.79. The minimum atomic E-state index is -0.431. The number of benzene rings is 2. The summed E-state index contributed by atoms with van der Waals surface area (Å²) in [6, 6.07) is 13.9. The number of likely N-dealkylation sites (N-methyl/N-ethyl adjacent to an activating group) is 1. The van der Waals surface area contributed by atoms with Crippen molar-refractivity contribution in [1.82, 2.24) is 24.4 Å². The highest BCUT2D eigenvalue weighted by molar-refractivity contribution is 8.16. The first-order chi connectivity index (χ1) is 18.3. The van der Waals surface area contributed by atoms with Gasteiger partial charge in [0.25, 0.3) is 5.91 Å². The Bertz CT molecular complexity index is 1530. The molecule has 2 aromatic heterocycles. The van der Waals surface area contributed by atoms with Gasteiger partial charge in [0.2, 0.25) is 0 Å². The van der Waals surface area contributed by atoms with Crippen LogP contribution in [0, 0.1) is 0 Å². The van der Waals surface area contributed by atoms with Crippen LogP contribution in [0.25, 0.3) is 16.8 Å². The highest BCUT2D eigenvalue weighted by Crippen LogP contribution is 2.38. The largest absolute Gasteiger partial charge is 0.383 e. The van der Waals surface area contributed by atoms with E-state index in [1.807, 2.05) is 62.3 Å². The molecule has 0 aliphatic carbocycles. The van der Waals surface area contributed by atoms with Gasteiger partial charge in [-0.1, -0.05) is 52.1 Å². The number of anilines is 2. The van der Waals surface area contributed by atoms with Crippen molar-refractivity contribution in [2.24, 2.45) is 0 Å². The SMILES string of the molecule is C/C=S(\Nc1ccc(-c2cnc3c(C(=O)N4CCC(N(C)C)C4)cnn3c2N)cc1)c1cccc(Cl)c1Cl. The van der Waals surface area contributed by atoms with Crippen LogP contribution >= 0.6 is 33.9 Å². The topological polar surface area (TPSA) is 91.8 Å². The van der Waals surface area contributed by atoms with E-state index >= 15 is 0 Å². The van der Waals surface area contributed by atoms with Gasteiger partial charge in [0.05, 0.1) is 16.2 Å². The lowest BCUT2D eigenvalue weighted by Gasteiger charge is -2.20. The number of amides is 1. The molecule has 2 unspecified atom stereocenters. The van der Waals surface area contributed by atoms with E-state index < -0.39 is 10.7 Å². The summed E-state index contributed by atoms with van der Waals surface area (Å²) in [7, 11) is 3.64. The van der Waals surface area contributed by atoms with E-state index in [1.54, 1.807) is 23.0 Å². The van der Waals surface area contributed by atoms with Gasteiger partial charge in [0, 0.05) is 41.5 Å². The number of aromatic nitrogens is 3. The maximum atomic E-state index is 13.2. The number of nitrogens with one attached hydrogen (secondary N) is 1. The number of fused-ring (bicyclic) bond motifs is 1. The van der Waals surface area contributed by atoms with E-state index in [1.165, 1.54) is 0 Å². The predicted octanol–water partition coefficient (Wildman–Crippen LogP) is 5.54. The molecule has 0 spiro atoms. The maximum Gasteiger partial charge on any atom is 0.259 e. The van der Waals surface area contributed by atoms with Crippen molar-refractivity contribution in [2.45, 2.75) is 24.3 Å². The molecule has 0 radical (unpaired) electrons. The molecule has 38 heavy (non-hydrogen) atoms.